The van der Waals surface area contributed by atoms with Crippen LogP contribution in [0.3, 0.4) is 0 Å². The summed E-state index contributed by atoms with van der Waals surface area (Å²) in [6, 6.07) is 7.31. The molecule has 26 heavy (non-hydrogen) atoms. The van der Waals surface area contributed by atoms with E-state index in [0.717, 1.165) is 16.7 Å². The molecule has 0 radical (unpaired) electrons. The quantitative estimate of drug-likeness (QED) is 0.766. The maximum Gasteiger partial charge on any atom is 0.338 e. The maximum absolute atomic E-state index is 12.0. The number of carbonyl (C=O) groups excluding carboxylic acids is 1. The molecule has 0 aliphatic rings. The molecule has 2 aromatic rings. The molecule has 4 nitrogen and oxygen atoms in total. The Balaban J connectivity index is 2.67. The van der Waals surface area contributed by atoms with E-state index >= 15 is 0 Å². The van der Waals surface area contributed by atoms with E-state index in [9.17, 15) is 9.90 Å². The lowest BCUT2D eigenvalue weighted by Gasteiger charge is -2.28. The zero-order valence-electron chi connectivity index (χ0n) is 16.8. The number of hydrogen-bond acceptors (Lipinski definition) is 4. The first kappa shape index (κ1) is 20.0. The molecule has 0 saturated heterocycles. The third-order valence-corrected chi connectivity index (χ3v) is 4.29. The standard InChI is InChI=1S/C22H29NO3/c1-8-26-20(25)14-9-10-23-18(13-14)15-11-16(21(2,3)4)19(24)17(12-15)22(5,6)7/h9-13,24H,8H2,1-7H3. The number of ether oxygens (including phenoxy) is 1. The molecule has 0 atom stereocenters. The van der Waals surface area contributed by atoms with Crippen LogP contribution in [0.5, 0.6) is 5.75 Å². The summed E-state index contributed by atoms with van der Waals surface area (Å²) in [5.41, 5.74) is 3.32. The predicted octanol–water partition coefficient (Wildman–Crippen LogP) is 5.23. The van der Waals surface area contributed by atoms with Crippen molar-refractivity contribution in [2.75, 3.05) is 6.61 Å². The number of benzene rings is 1. The van der Waals surface area contributed by atoms with E-state index in [1.54, 1.807) is 25.3 Å². The van der Waals surface area contributed by atoms with E-state index in [0.29, 0.717) is 23.6 Å². The third-order valence-electron chi connectivity index (χ3n) is 4.29. The highest BCUT2D eigenvalue weighted by Gasteiger charge is 2.27. The highest BCUT2D eigenvalue weighted by atomic mass is 16.5. The normalized spacial score (nSPS) is 12.1. The largest absolute Gasteiger partial charge is 0.507 e. The fourth-order valence-corrected chi connectivity index (χ4v) is 2.86. The van der Waals surface area contributed by atoms with E-state index in [4.69, 9.17) is 4.74 Å². The average molecular weight is 355 g/mol. The Morgan fingerprint density at radius 2 is 1.58 bits per heavy atom. The molecule has 0 fully saturated rings. The molecule has 1 aromatic carbocycles. The first-order valence-corrected chi connectivity index (χ1v) is 8.96. The second kappa shape index (κ2) is 7.10. The Labute approximate surface area is 156 Å². The Hall–Kier alpha value is -2.36. The molecule has 4 heteroatoms. The van der Waals surface area contributed by atoms with Crippen molar-refractivity contribution in [3.05, 3.63) is 47.2 Å². The monoisotopic (exact) mass is 355 g/mol. The number of nitrogens with zero attached hydrogens (tertiary/aromatic N) is 1. The summed E-state index contributed by atoms with van der Waals surface area (Å²) in [5, 5.41) is 10.8. The van der Waals surface area contributed by atoms with Crippen LogP contribution in [0.1, 0.15) is 70.0 Å². The van der Waals surface area contributed by atoms with Gasteiger partial charge in [0, 0.05) is 22.9 Å². The number of aromatic hydroxyl groups is 1. The van der Waals surface area contributed by atoms with Crippen molar-refractivity contribution in [1.82, 2.24) is 4.98 Å². The number of phenols is 1. The van der Waals surface area contributed by atoms with Gasteiger partial charge in [-0.3, -0.25) is 4.98 Å². The number of carbonyl (C=O) groups is 1. The SMILES string of the molecule is CCOC(=O)c1ccnc(-c2cc(C(C)(C)C)c(O)c(C(C)(C)C)c2)c1. The van der Waals surface area contributed by atoms with Crippen molar-refractivity contribution in [2.45, 2.75) is 59.3 Å². The van der Waals surface area contributed by atoms with Crippen LogP contribution in [0.25, 0.3) is 11.3 Å². The van der Waals surface area contributed by atoms with Gasteiger partial charge in [0.15, 0.2) is 0 Å². The summed E-state index contributed by atoms with van der Waals surface area (Å²) in [7, 11) is 0. The van der Waals surface area contributed by atoms with Crippen molar-refractivity contribution < 1.29 is 14.6 Å². The van der Waals surface area contributed by atoms with Crippen LogP contribution in [0, 0.1) is 0 Å². The fraction of sp³-hybridized carbons (Fsp3) is 0.455. The van der Waals surface area contributed by atoms with Crippen molar-refractivity contribution in [1.29, 1.82) is 0 Å². The minimum absolute atomic E-state index is 0.223. The first-order chi connectivity index (χ1) is 11.9. The van der Waals surface area contributed by atoms with E-state index < -0.39 is 0 Å². The molecule has 140 valence electrons. The lowest BCUT2D eigenvalue weighted by molar-refractivity contribution is 0.0526. The first-order valence-electron chi connectivity index (χ1n) is 8.96. The van der Waals surface area contributed by atoms with Gasteiger partial charge in [0.2, 0.25) is 0 Å². The summed E-state index contributed by atoms with van der Waals surface area (Å²) < 4.78 is 5.09. The molecule has 0 spiro atoms. The number of hydrogen-bond donors (Lipinski definition) is 1. The van der Waals surface area contributed by atoms with Crippen LogP contribution < -0.4 is 0 Å². The van der Waals surface area contributed by atoms with E-state index in [2.05, 4.69) is 46.5 Å². The molecule has 0 bridgehead atoms. The van der Waals surface area contributed by atoms with Gasteiger partial charge in [-0.2, -0.15) is 0 Å². The lowest BCUT2D eigenvalue weighted by atomic mass is 9.78. The molecule has 1 heterocycles. The second-order valence-corrected chi connectivity index (χ2v) is 8.57. The molecule has 2 rings (SSSR count). The minimum atomic E-state index is -0.359. The van der Waals surface area contributed by atoms with Gasteiger partial charge in [-0.05, 0) is 42.0 Å². The topological polar surface area (TPSA) is 59.4 Å². The molecule has 0 aliphatic carbocycles. The Bertz CT molecular complexity index is 776. The fourth-order valence-electron chi connectivity index (χ4n) is 2.86. The van der Waals surface area contributed by atoms with Gasteiger partial charge >= 0.3 is 5.97 Å². The van der Waals surface area contributed by atoms with Crippen LogP contribution in [-0.4, -0.2) is 22.7 Å². The molecule has 1 aromatic heterocycles. The van der Waals surface area contributed by atoms with Crippen LogP contribution >= 0.6 is 0 Å². The van der Waals surface area contributed by atoms with Crippen LogP contribution in [0.4, 0.5) is 0 Å². The molecule has 1 N–H and O–H groups in total. The Morgan fingerprint density at radius 1 is 1.04 bits per heavy atom. The van der Waals surface area contributed by atoms with Crippen LogP contribution in [0.2, 0.25) is 0 Å². The van der Waals surface area contributed by atoms with Gasteiger partial charge in [0.1, 0.15) is 5.75 Å². The Kier molecular flexibility index (Phi) is 5.45. The highest BCUT2D eigenvalue weighted by Crippen LogP contribution is 2.41. The Morgan fingerprint density at radius 3 is 2.04 bits per heavy atom. The van der Waals surface area contributed by atoms with E-state index in [1.807, 2.05) is 12.1 Å². The molecule has 0 saturated carbocycles. The van der Waals surface area contributed by atoms with Crippen LogP contribution in [-0.2, 0) is 15.6 Å². The van der Waals surface area contributed by atoms with E-state index in [-0.39, 0.29) is 16.8 Å². The lowest BCUT2D eigenvalue weighted by Crippen LogP contribution is -2.17. The van der Waals surface area contributed by atoms with Crippen molar-refractivity contribution in [3.8, 4) is 17.0 Å². The van der Waals surface area contributed by atoms with Gasteiger partial charge in [-0.1, -0.05) is 41.5 Å². The highest BCUT2D eigenvalue weighted by molar-refractivity contribution is 5.90. The number of rotatable bonds is 3. The number of phenolic OH excluding ortho intramolecular Hbond substituents is 1. The molecule has 0 unspecified atom stereocenters. The number of pyridine rings is 1. The van der Waals surface area contributed by atoms with Crippen molar-refractivity contribution in [2.24, 2.45) is 0 Å². The van der Waals surface area contributed by atoms with Gasteiger partial charge < -0.3 is 9.84 Å². The maximum atomic E-state index is 12.0. The summed E-state index contributed by atoms with van der Waals surface area (Å²) in [6.45, 7) is 14.5. The summed E-state index contributed by atoms with van der Waals surface area (Å²) in [5.74, 6) is -0.0303. The smallest absolute Gasteiger partial charge is 0.338 e. The zero-order chi connectivity index (χ0) is 19.7. The summed E-state index contributed by atoms with van der Waals surface area (Å²) in [4.78, 5) is 16.5. The van der Waals surface area contributed by atoms with Gasteiger partial charge in [-0.15, -0.1) is 0 Å². The second-order valence-electron chi connectivity index (χ2n) is 8.57. The van der Waals surface area contributed by atoms with Gasteiger partial charge in [-0.25, -0.2) is 4.79 Å². The van der Waals surface area contributed by atoms with Crippen molar-refractivity contribution >= 4 is 5.97 Å². The molecular formula is C22H29NO3. The zero-order valence-corrected chi connectivity index (χ0v) is 16.8. The molecule has 0 amide bonds. The van der Waals surface area contributed by atoms with Crippen LogP contribution in [0.15, 0.2) is 30.5 Å². The summed E-state index contributed by atoms with van der Waals surface area (Å²) in [6.07, 6.45) is 1.61. The molecular weight excluding hydrogens is 326 g/mol. The minimum Gasteiger partial charge on any atom is -0.507 e. The average Bonchev–Trinajstić information content (AvgIpc) is 2.53. The third kappa shape index (κ3) is 4.24. The van der Waals surface area contributed by atoms with Crippen molar-refractivity contribution in [3.63, 3.8) is 0 Å². The predicted molar refractivity (Wildman–Crippen MR) is 105 cm³/mol. The van der Waals surface area contributed by atoms with E-state index in [1.165, 1.54) is 0 Å². The summed E-state index contributed by atoms with van der Waals surface area (Å²) >= 11 is 0. The molecule has 0 aliphatic heterocycles. The number of aromatic nitrogens is 1. The van der Waals surface area contributed by atoms with Gasteiger partial charge in [0.05, 0.1) is 17.9 Å². The number of esters is 1. The van der Waals surface area contributed by atoms with Gasteiger partial charge in [0.25, 0.3) is 0 Å².